The van der Waals surface area contributed by atoms with Crippen LogP contribution in [0.25, 0.3) is 0 Å². The van der Waals surface area contributed by atoms with Gasteiger partial charge in [-0.15, -0.1) is 0 Å². The highest BCUT2D eigenvalue weighted by atomic mass is 32.2. The fourth-order valence-corrected chi connectivity index (χ4v) is 6.42. The third-order valence-corrected chi connectivity index (χ3v) is 9.23. The lowest BCUT2D eigenvalue weighted by Crippen LogP contribution is -2.41. The molecule has 3 aromatic rings. The van der Waals surface area contributed by atoms with Crippen LogP contribution in [0.2, 0.25) is 0 Å². The van der Waals surface area contributed by atoms with Crippen molar-refractivity contribution in [3.8, 4) is 0 Å². The largest absolute Gasteiger partial charge is 0.313 e. The Kier molecular flexibility index (Phi) is 12.8. The van der Waals surface area contributed by atoms with Crippen molar-refractivity contribution >= 4 is 10.0 Å². The second-order valence-electron chi connectivity index (χ2n) is 10.4. The Balaban J connectivity index is 0.000000265. The number of nitrogens with one attached hydrogen (secondary N) is 2. The predicted molar refractivity (Wildman–Crippen MR) is 160 cm³/mol. The van der Waals surface area contributed by atoms with E-state index in [0.29, 0.717) is 12.0 Å². The highest BCUT2D eigenvalue weighted by molar-refractivity contribution is 7.89. The number of aryl methyl sites for hydroxylation is 1. The lowest BCUT2D eigenvalue weighted by Gasteiger charge is -2.36. The van der Waals surface area contributed by atoms with Crippen molar-refractivity contribution in [2.45, 2.75) is 82.1 Å². The Morgan fingerprint density at radius 1 is 0.825 bits per heavy atom. The average molecular weight is 571 g/mol. The molecule has 1 saturated carbocycles. The minimum Gasteiger partial charge on any atom is -0.313 e. The number of rotatable bonds is 7. The number of hydrogen-bond acceptors (Lipinski definition) is 3. The van der Waals surface area contributed by atoms with Gasteiger partial charge in [-0.1, -0.05) is 69.5 Å². The summed E-state index contributed by atoms with van der Waals surface area (Å²) >= 11 is 0. The molecule has 4 nitrogen and oxygen atoms in total. The molecule has 0 heterocycles. The van der Waals surface area contributed by atoms with E-state index in [1.54, 1.807) is 12.1 Å². The second-order valence-corrected chi connectivity index (χ2v) is 12.2. The first-order valence-electron chi connectivity index (χ1n) is 14.6. The number of fused-ring (bicyclic) bond motifs is 1. The van der Waals surface area contributed by atoms with Gasteiger partial charge in [-0.25, -0.2) is 21.9 Å². The molecule has 2 aliphatic rings. The molecule has 0 amide bonds. The first-order valence-corrected chi connectivity index (χ1v) is 16.1. The molecular weight excluding hydrogens is 526 g/mol. The number of sulfonamides is 1. The molecule has 40 heavy (non-hydrogen) atoms. The van der Waals surface area contributed by atoms with Crippen LogP contribution >= 0.6 is 0 Å². The molecule has 0 aliphatic heterocycles. The standard InChI is InChI=1S/C24H30FN.C7H8FNO2S.C2H6/c25-21-12-13-22-20(16-21)11-14-24(26-17-19-9-5-2-6-10-19)23(22)15-18-7-3-1-4-8-18;1-9-12(10,11)7-4-2-6(8)3-5-7;1-2/h1,3-4,7-8,12-13,16,19,23-24,26H,2,5-6,9-11,14-15,17H2;2-5,9H,1H3;1-2H3. The van der Waals surface area contributed by atoms with Crippen molar-refractivity contribution in [3.63, 3.8) is 0 Å². The van der Waals surface area contributed by atoms with E-state index in [0.717, 1.165) is 43.9 Å². The number of benzene rings is 3. The fraction of sp³-hybridized carbons (Fsp3) is 0.455. The molecule has 2 unspecified atom stereocenters. The van der Waals surface area contributed by atoms with E-state index < -0.39 is 15.8 Å². The van der Waals surface area contributed by atoms with E-state index in [-0.39, 0.29) is 10.7 Å². The zero-order valence-electron chi connectivity index (χ0n) is 24.0. The molecule has 0 aromatic heterocycles. The van der Waals surface area contributed by atoms with Crippen LogP contribution in [0.15, 0.2) is 77.7 Å². The molecule has 0 bridgehead atoms. The minimum absolute atomic E-state index is 0.0615. The minimum atomic E-state index is -3.43. The summed E-state index contributed by atoms with van der Waals surface area (Å²) in [5, 5.41) is 3.92. The van der Waals surface area contributed by atoms with Crippen molar-refractivity contribution < 1.29 is 17.2 Å². The number of hydrogen-bond donors (Lipinski definition) is 2. The molecule has 0 radical (unpaired) electrons. The lowest BCUT2D eigenvalue weighted by atomic mass is 9.76. The van der Waals surface area contributed by atoms with Crippen molar-refractivity contribution in [3.05, 3.63) is 101 Å². The first-order chi connectivity index (χ1) is 19.4. The third kappa shape index (κ3) is 9.22. The molecule has 2 N–H and O–H groups in total. The van der Waals surface area contributed by atoms with Crippen LogP contribution in [-0.4, -0.2) is 28.1 Å². The van der Waals surface area contributed by atoms with Gasteiger partial charge in [0.15, 0.2) is 0 Å². The van der Waals surface area contributed by atoms with Crippen LogP contribution in [0.1, 0.15) is 75.0 Å². The zero-order valence-corrected chi connectivity index (χ0v) is 24.8. The average Bonchev–Trinajstić information content (AvgIpc) is 2.99. The molecule has 7 heteroatoms. The van der Waals surface area contributed by atoms with Crippen molar-refractivity contribution in [2.75, 3.05) is 13.6 Å². The van der Waals surface area contributed by atoms with Crippen LogP contribution in [0.3, 0.4) is 0 Å². The Hall–Kier alpha value is -2.61. The summed E-state index contributed by atoms with van der Waals surface area (Å²) < 4.78 is 50.4. The molecule has 5 rings (SSSR count). The van der Waals surface area contributed by atoms with Crippen LogP contribution < -0.4 is 10.0 Å². The van der Waals surface area contributed by atoms with E-state index in [4.69, 9.17) is 0 Å². The van der Waals surface area contributed by atoms with Gasteiger partial charge in [0.05, 0.1) is 4.90 Å². The first kappa shape index (κ1) is 31.9. The SMILES string of the molecule is CC.CNS(=O)(=O)c1ccc(F)cc1.Fc1ccc2c(c1)CCC(NCC1CCCCC1)C2Cc1ccccc1. The quantitative estimate of drug-likeness (QED) is 0.311. The summed E-state index contributed by atoms with van der Waals surface area (Å²) in [7, 11) is -2.13. The highest BCUT2D eigenvalue weighted by Crippen LogP contribution is 2.35. The second kappa shape index (κ2) is 16.0. The van der Waals surface area contributed by atoms with Gasteiger partial charge in [0.2, 0.25) is 10.0 Å². The van der Waals surface area contributed by atoms with Gasteiger partial charge in [0, 0.05) is 12.0 Å². The topological polar surface area (TPSA) is 58.2 Å². The molecule has 218 valence electrons. The van der Waals surface area contributed by atoms with Gasteiger partial charge >= 0.3 is 0 Å². The van der Waals surface area contributed by atoms with Crippen molar-refractivity contribution in [1.29, 1.82) is 0 Å². The van der Waals surface area contributed by atoms with Gasteiger partial charge in [-0.3, -0.25) is 0 Å². The molecule has 0 spiro atoms. The highest BCUT2D eigenvalue weighted by Gasteiger charge is 2.30. The summed E-state index contributed by atoms with van der Waals surface area (Å²) in [6.07, 6.45) is 10.1. The van der Waals surface area contributed by atoms with E-state index in [1.807, 2.05) is 19.9 Å². The van der Waals surface area contributed by atoms with Crippen molar-refractivity contribution in [1.82, 2.24) is 10.0 Å². The Morgan fingerprint density at radius 2 is 1.48 bits per heavy atom. The molecule has 2 atom stereocenters. The maximum absolute atomic E-state index is 13.7. The predicted octanol–water partition coefficient (Wildman–Crippen LogP) is 7.40. The summed E-state index contributed by atoms with van der Waals surface area (Å²) in [6, 6.07) is 21.3. The molecule has 1 fully saturated rings. The van der Waals surface area contributed by atoms with E-state index in [2.05, 4.69) is 40.4 Å². The van der Waals surface area contributed by atoms with E-state index in [1.165, 1.54) is 68.0 Å². The summed E-state index contributed by atoms with van der Waals surface area (Å²) in [6.45, 7) is 5.15. The van der Waals surface area contributed by atoms with Gasteiger partial charge < -0.3 is 5.32 Å². The van der Waals surface area contributed by atoms with Gasteiger partial charge in [0.25, 0.3) is 0 Å². The molecule has 3 aromatic carbocycles. The Bertz CT molecular complexity index is 1260. The third-order valence-electron chi connectivity index (χ3n) is 7.80. The van der Waals surface area contributed by atoms with Crippen LogP contribution in [0.5, 0.6) is 0 Å². The van der Waals surface area contributed by atoms with Gasteiger partial charge in [-0.05, 0) is 105 Å². The van der Waals surface area contributed by atoms with Crippen LogP contribution in [0, 0.1) is 17.6 Å². The Labute approximate surface area is 239 Å². The van der Waals surface area contributed by atoms with Gasteiger partial charge in [-0.2, -0.15) is 0 Å². The maximum Gasteiger partial charge on any atom is 0.240 e. The van der Waals surface area contributed by atoms with Crippen LogP contribution in [-0.2, 0) is 22.9 Å². The zero-order chi connectivity index (χ0) is 29.0. The van der Waals surface area contributed by atoms with E-state index in [9.17, 15) is 17.2 Å². The summed E-state index contributed by atoms with van der Waals surface area (Å²) in [5.74, 6) is 0.724. The maximum atomic E-state index is 13.7. The van der Waals surface area contributed by atoms with Gasteiger partial charge in [0.1, 0.15) is 11.6 Å². The molecule has 0 saturated heterocycles. The summed E-state index contributed by atoms with van der Waals surface area (Å²) in [4.78, 5) is 0.0615. The Morgan fingerprint density at radius 3 is 2.12 bits per heavy atom. The molecular formula is C33H44F2N2O2S. The van der Waals surface area contributed by atoms with Crippen molar-refractivity contribution in [2.24, 2.45) is 5.92 Å². The molecule has 2 aliphatic carbocycles. The number of halogens is 2. The fourth-order valence-electron chi connectivity index (χ4n) is 5.69. The normalized spacial score (nSPS) is 18.9. The van der Waals surface area contributed by atoms with E-state index >= 15 is 0 Å². The monoisotopic (exact) mass is 570 g/mol. The smallest absolute Gasteiger partial charge is 0.240 e. The summed E-state index contributed by atoms with van der Waals surface area (Å²) in [5.41, 5.74) is 3.93. The lowest BCUT2D eigenvalue weighted by molar-refractivity contribution is 0.301. The van der Waals surface area contributed by atoms with Crippen LogP contribution in [0.4, 0.5) is 8.78 Å².